The van der Waals surface area contributed by atoms with Gasteiger partial charge in [0.1, 0.15) is 18.7 Å². The van der Waals surface area contributed by atoms with E-state index in [9.17, 15) is 34.6 Å². The fourth-order valence-corrected chi connectivity index (χ4v) is 30.4. The molecule has 2 aromatic rings. The van der Waals surface area contributed by atoms with Gasteiger partial charge in [0.15, 0.2) is 0 Å². The van der Waals surface area contributed by atoms with Gasteiger partial charge >= 0.3 is 0 Å². The summed E-state index contributed by atoms with van der Waals surface area (Å²) in [5, 5.41) is 42.2. The zero-order valence-corrected chi connectivity index (χ0v) is 86.7. The van der Waals surface area contributed by atoms with E-state index in [1.165, 1.54) is 164 Å². The number of aliphatic hydroxyl groups is 4. The van der Waals surface area contributed by atoms with Crippen molar-refractivity contribution in [3.8, 4) is 0 Å². The van der Waals surface area contributed by atoms with Crippen LogP contribution >= 0.6 is 7.14 Å². The zero-order chi connectivity index (χ0) is 94.1. The van der Waals surface area contributed by atoms with Crippen molar-refractivity contribution in [3.63, 3.8) is 0 Å². The Morgan fingerprint density at radius 3 is 1.14 bits per heavy atom. The van der Waals surface area contributed by atoms with Crippen molar-refractivity contribution in [1.82, 2.24) is 0 Å². The number of allylic oxidation sites excluding steroid dienone is 9. The second-order valence-electron chi connectivity index (χ2n) is 48.2. The second-order valence-corrected chi connectivity index (χ2v) is 51.0. The maximum absolute atomic E-state index is 14.0. The van der Waals surface area contributed by atoms with E-state index >= 15 is 0 Å². The van der Waals surface area contributed by atoms with Crippen LogP contribution in [0.15, 0.2) is 143 Å². The van der Waals surface area contributed by atoms with Crippen molar-refractivity contribution < 1.29 is 50.2 Å². The Balaban J connectivity index is 0.000000201. The molecule has 724 valence electrons. The first-order chi connectivity index (χ1) is 60.1. The average Bonchev–Trinajstić information content (AvgIpc) is 1.94. The molecule has 10 nitrogen and oxygen atoms in total. The Kier molecular flexibility index (Phi) is 39.6. The van der Waals surface area contributed by atoms with E-state index in [-0.39, 0.29) is 30.6 Å². The number of ether oxygens (including phenoxy) is 3. The molecule has 0 aromatic heterocycles. The minimum Gasteiger partial charge on any atom is -0.392 e. The van der Waals surface area contributed by atoms with Crippen LogP contribution in [0.2, 0.25) is 0 Å². The molecule has 0 radical (unpaired) electrons. The molecule has 0 spiro atoms. The first-order valence-corrected chi connectivity index (χ1v) is 54.0. The number of fused-ring (bicyclic) bond motifs is 4. The molecular weight excluding hydrogens is 1600 g/mol. The van der Waals surface area contributed by atoms with Crippen LogP contribution in [-0.2, 0) is 28.4 Å². The number of rotatable bonds is 28. The van der Waals surface area contributed by atoms with Gasteiger partial charge in [-0.05, 0) is 325 Å². The normalized spacial score (nSPS) is 33.7. The largest absolute Gasteiger partial charge is 0.392 e. The minimum absolute atomic E-state index is 0. The van der Waals surface area contributed by atoms with Crippen LogP contribution in [0.1, 0.15) is 384 Å². The van der Waals surface area contributed by atoms with Gasteiger partial charge in [0.25, 0.3) is 0 Å². The molecule has 11 aliphatic rings. The molecule has 2 aromatic carbocycles. The van der Waals surface area contributed by atoms with Gasteiger partial charge in [-0.25, -0.2) is 0 Å². The Bertz CT molecular complexity index is 3910. The first kappa shape index (κ1) is 108. The molecule has 22 atom stereocenters. The Hall–Kier alpha value is -4.09. The van der Waals surface area contributed by atoms with Crippen molar-refractivity contribution >= 4 is 29.3 Å². The number of hydrogen-bond acceptors (Lipinski definition) is 10. The Morgan fingerprint density at radius 1 is 0.453 bits per heavy atom. The molecule has 0 heterocycles. The maximum Gasteiger partial charge on any atom is 0.146 e. The summed E-state index contributed by atoms with van der Waals surface area (Å²) in [6.45, 7) is 53.7. The lowest BCUT2D eigenvalue weighted by molar-refractivity contribution is -0.130. The van der Waals surface area contributed by atoms with Crippen LogP contribution in [0.3, 0.4) is 0 Å². The highest BCUT2D eigenvalue weighted by molar-refractivity contribution is 7.78. The molecule has 128 heavy (non-hydrogen) atoms. The van der Waals surface area contributed by atoms with Crippen LogP contribution in [0.4, 0.5) is 0 Å². The lowest BCUT2D eigenvalue weighted by atomic mass is 9.60. The molecule has 11 fully saturated rings. The fraction of sp³-hybridized carbons (Fsp3) is 0.761. The molecule has 0 aliphatic heterocycles. The van der Waals surface area contributed by atoms with Gasteiger partial charge in [-0.1, -0.05) is 286 Å². The van der Waals surface area contributed by atoms with E-state index in [1.54, 1.807) is 25.4 Å². The van der Waals surface area contributed by atoms with Crippen molar-refractivity contribution in [2.45, 2.75) is 424 Å². The molecule has 8 unspecified atom stereocenters. The second kappa shape index (κ2) is 47.1. The minimum atomic E-state index is -2.64. The van der Waals surface area contributed by atoms with Gasteiger partial charge in [-0.3, -0.25) is 9.59 Å². The summed E-state index contributed by atoms with van der Waals surface area (Å²) in [5.41, 5.74) is 10.6. The smallest absolute Gasteiger partial charge is 0.146 e. The van der Waals surface area contributed by atoms with Crippen LogP contribution in [0.5, 0.6) is 0 Å². The standard InChI is InChI=1S/C30H50O3.C27H46O3.C23H27OP.C19H34O.C18H32O2.H2/c1-21(11-9-17-29(3,4)33-8)25-15-16-26-24(12-10-18-30(25,26)5)14-13-23-19-27(31-6)22(2)28(20-23)32-7;1-18(8-6-14-26(3,4)30)22-12-13-23-21(9-7-15-27(22,23)5)11-10-20-16-24(28)19(2)25(29)17-20;1-18-16-21(17-19(2)20(18)3)14-15-25(24,22-10-6-4-7-11-22)23-12-8-5-9-13-23;1-14(8-6-12-18(2,3)4)15-10-11-16-17(20)9-7-13-19(15,16)5;1-13(7-5-11-17(2,3)20)14-9-10-15-16(19)8-6-12-18(14,15)4;/h13-14,21,25-28H,2,9-12,15-20H2,1,3-8H3;10-11,18-19,22-25,28-30H,6-9,12-17H2,1-5H3;4-14,18-19H,3,15-17H2,1-2H3;14-16H,6-13H2,1-5H3;13-15,20H,5-12H2,1-4H3;1H/b23-13?,24-14+;20-10?,21-11+;;;;/t21-,25?,26?,27?,28?,30+;18-,19?,22?,23?,24+,25+,27+;18-,19-;14-,15?,16-,19+;13-,14?,15-,18+;/m00100./s1. The lowest BCUT2D eigenvalue weighted by Gasteiger charge is -2.44. The van der Waals surface area contributed by atoms with Gasteiger partial charge in [0.05, 0.1) is 41.2 Å². The maximum atomic E-state index is 14.0. The predicted octanol–water partition coefficient (Wildman–Crippen LogP) is 29.2. The summed E-state index contributed by atoms with van der Waals surface area (Å²) in [4.78, 5) is 24.4. The summed E-state index contributed by atoms with van der Waals surface area (Å²) in [6, 6.07) is 19.9. The fourth-order valence-electron chi connectivity index (χ4n) is 27.9. The predicted molar refractivity (Wildman–Crippen MR) is 542 cm³/mol. The van der Waals surface area contributed by atoms with Crippen molar-refractivity contribution in [2.24, 2.45) is 116 Å². The molecule has 11 aliphatic carbocycles. The van der Waals surface area contributed by atoms with Crippen molar-refractivity contribution in [2.75, 3.05) is 27.5 Å². The summed E-state index contributed by atoms with van der Waals surface area (Å²) in [7, 11) is 2.76. The molecule has 0 bridgehead atoms. The number of methoxy groups -OCH3 is 3. The Labute approximate surface area is 785 Å². The van der Waals surface area contributed by atoms with Crippen molar-refractivity contribution in [3.05, 3.63) is 143 Å². The SMILES string of the molecule is C=C1C(OC)CC(=C/C=C2\CCC[C@@]3(C)C2CCC3[C@@H](C)CCCC(C)(C)OC)CC1OC.C=C1[C@H](C)CC(=CCP(=O)(c2ccccc2)c2ccccc2)C[C@H]1C.CC1[C@H](O)CC(=C/C=C2\CCC[C@@]3(C)C2CCC3[C@@H](C)CCCC(C)(C)O)C[C@H]1O.C[C@@H](CCCC(C)(C)C)C1CC[C@H]2C(=O)CCC[C@]12C.C[C@@H](CCCC(C)(C)O)C1CC[C@H]2C(=O)CCC[C@]12C.[HH]. The van der Waals surface area contributed by atoms with Gasteiger partial charge in [0, 0.05) is 70.1 Å². The van der Waals surface area contributed by atoms with E-state index < -0.39 is 30.6 Å². The number of aliphatic hydroxyl groups excluding tert-OH is 2. The number of ketones is 2. The number of carbonyl (C=O) groups is 2. The molecule has 11 saturated carbocycles. The van der Waals surface area contributed by atoms with E-state index in [4.69, 9.17) is 14.2 Å². The van der Waals surface area contributed by atoms with Gasteiger partial charge in [0.2, 0.25) is 0 Å². The molecule has 4 N–H and O–H groups in total. The molecule has 0 saturated heterocycles. The quantitative estimate of drug-likeness (QED) is 0.0477. The van der Waals surface area contributed by atoms with Crippen LogP contribution < -0.4 is 10.6 Å². The van der Waals surface area contributed by atoms with E-state index in [2.05, 4.69) is 147 Å². The highest BCUT2D eigenvalue weighted by atomic mass is 31.2. The lowest BCUT2D eigenvalue weighted by Crippen LogP contribution is -2.39. The third-order valence-electron chi connectivity index (χ3n) is 36.1. The van der Waals surface area contributed by atoms with Gasteiger partial charge in [-0.2, -0.15) is 0 Å². The number of carbonyl (C=O) groups excluding carboxylic acids is 2. The van der Waals surface area contributed by atoms with Crippen LogP contribution in [0.25, 0.3) is 0 Å². The molecule has 13 rings (SSSR count). The summed E-state index contributed by atoms with van der Waals surface area (Å²) < 4.78 is 31.1. The summed E-state index contributed by atoms with van der Waals surface area (Å²) in [6.07, 6.45) is 55.5. The molecule has 11 heteroatoms. The Morgan fingerprint density at radius 2 is 0.789 bits per heavy atom. The van der Waals surface area contributed by atoms with Crippen LogP contribution in [0, 0.1) is 116 Å². The summed E-state index contributed by atoms with van der Waals surface area (Å²) >= 11 is 0. The zero-order valence-electron chi connectivity index (χ0n) is 85.8. The average molecular weight is 1790 g/mol. The molecular formula is C117H191O10P. The van der Waals surface area contributed by atoms with Crippen LogP contribution in [-0.4, -0.2) is 101 Å². The van der Waals surface area contributed by atoms with Gasteiger partial charge in [-0.15, -0.1) is 0 Å². The highest BCUT2D eigenvalue weighted by Gasteiger charge is 2.56. The van der Waals surface area contributed by atoms with Gasteiger partial charge < -0.3 is 39.2 Å². The summed E-state index contributed by atoms with van der Waals surface area (Å²) in [5.74, 6) is 10.4. The van der Waals surface area contributed by atoms with E-state index in [1.807, 2.05) is 102 Å². The topological polar surface area (TPSA) is 160 Å². The van der Waals surface area contributed by atoms with E-state index in [0.29, 0.717) is 99.6 Å². The monoisotopic (exact) mass is 1790 g/mol. The third kappa shape index (κ3) is 28.3. The van der Waals surface area contributed by atoms with E-state index in [0.717, 1.165) is 142 Å². The first-order valence-electron chi connectivity index (χ1n) is 52.1. The number of Topliss-reactive ketones (excluding diaryl/α,β-unsaturated/α-hetero) is 2. The third-order valence-corrected chi connectivity index (χ3v) is 39.0. The van der Waals surface area contributed by atoms with Crippen molar-refractivity contribution in [1.29, 1.82) is 0 Å². The number of benzene rings is 2. The highest BCUT2D eigenvalue weighted by Crippen LogP contribution is 2.63. The number of hydrogen-bond donors (Lipinski definition) is 4. The molecule has 0 amide bonds.